The zero-order valence-electron chi connectivity index (χ0n) is 12.0. The number of nitrogens with one attached hydrogen (secondary N) is 2. The normalized spacial score (nSPS) is 19.6. The second kappa shape index (κ2) is 7.10. The van der Waals surface area contributed by atoms with Gasteiger partial charge in [0.1, 0.15) is 0 Å². The summed E-state index contributed by atoms with van der Waals surface area (Å²) in [6.07, 6.45) is 6.61. The molecule has 1 atom stereocenters. The summed E-state index contributed by atoms with van der Waals surface area (Å²) in [5, 5.41) is 15.4. The number of carbonyl (C=O) groups is 1. The van der Waals surface area contributed by atoms with Gasteiger partial charge < -0.3 is 15.7 Å². The molecule has 1 aliphatic carbocycles. The van der Waals surface area contributed by atoms with Gasteiger partial charge in [0, 0.05) is 18.2 Å². The monoisotopic (exact) mass is 256 g/mol. The summed E-state index contributed by atoms with van der Waals surface area (Å²) in [5.74, 6) is 0.0768. The average molecular weight is 256 g/mol. The lowest BCUT2D eigenvalue weighted by atomic mass is 9.95. The molecule has 0 saturated heterocycles. The number of hydrogen-bond acceptors (Lipinski definition) is 3. The van der Waals surface area contributed by atoms with Crippen molar-refractivity contribution in [1.29, 1.82) is 0 Å². The van der Waals surface area contributed by atoms with Crippen molar-refractivity contribution in [3.05, 3.63) is 0 Å². The third-order valence-electron chi connectivity index (χ3n) is 3.69. The molecule has 0 bridgehead atoms. The fourth-order valence-electron chi connectivity index (χ4n) is 2.58. The van der Waals surface area contributed by atoms with Crippen LogP contribution < -0.4 is 10.6 Å². The van der Waals surface area contributed by atoms with Crippen molar-refractivity contribution in [2.75, 3.05) is 6.61 Å². The van der Waals surface area contributed by atoms with Crippen LogP contribution in [-0.2, 0) is 4.79 Å². The summed E-state index contributed by atoms with van der Waals surface area (Å²) in [5.41, 5.74) is -0.210. The van der Waals surface area contributed by atoms with Crippen LogP contribution in [0.15, 0.2) is 0 Å². The summed E-state index contributed by atoms with van der Waals surface area (Å²) < 4.78 is 0. The van der Waals surface area contributed by atoms with Gasteiger partial charge >= 0.3 is 0 Å². The molecule has 18 heavy (non-hydrogen) atoms. The molecule has 106 valence electrons. The third kappa shape index (κ3) is 5.36. The van der Waals surface area contributed by atoms with Crippen LogP contribution >= 0.6 is 0 Å². The molecule has 0 aromatic rings. The van der Waals surface area contributed by atoms with Gasteiger partial charge in [0.15, 0.2) is 0 Å². The maximum Gasteiger partial charge on any atom is 0.237 e. The molecule has 1 unspecified atom stereocenters. The molecule has 0 aliphatic heterocycles. The van der Waals surface area contributed by atoms with Gasteiger partial charge in [0.05, 0.1) is 6.04 Å². The molecule has 1 saturated carbocycles. The Morgan fingerprint density at radius 2 is 1.94 bits per heavy atom. The summed E-state index contributed by atoms with van der Waals surface area (Å²) in [7, 11) is 0. The van der Waals surface area contributed by atoms with E-state index in [1.54, 1.807) is 0 Å². The van der Waals surface area contributed by atoms with Crippen molar-refractivity contribution in [2.45, 2.75) is 76.9 Å². The highest BCUT2D eigenvalue weighted by Crippen LogP contribution is 2.17. The van der Waals surface area contributed by atoms with E-state index in [4.69, 9.17) is 5.11 Å². The van der Waals surface area contributed by atoms with Gasteiger partial charge in [-0.15, -0.1) is 0 Å². The summed E-state index contributed by atoms with van der Waals surface area (Å²) in [6, 6.07) is 0.143. The van der Waals surface area contributed by atoms with Gasteiger partial charge in [-0.2, -0.15) is 0 Å². The first-order valence-electron chi connectivity index (χ1n) is 7.13. The minimum atomic E-state index is -0.214. The highest BCUT2D eigenvalue weighted by molar-refractivity contribution is 5.81. The zero-order chi connectivity index (χ0) is 13.6. The quantitative estimate of drug-likeness (QED) is 0.676. The van der Waals surface area contributed by atoms with Crippen LogP contribution in [0, 0.1) is 0 Å². The minimum absolute atomic E-state index is 0.0768. The lowest BCUT2D eigenvalue weighted by Crippen LogP contribution is -2.53. The van der Waals surface area contributed by atoms with E-state index in [1.165, 1.54) is 19.3 Å². The molecule has 1 fully saturated rings. The van der Waals surface area contributed by atoms with E-state index in [-0.39, 0.29) is 24.1 Å². The average Bonchev–Trinajstić information content (AvgIpc) is 2.29. The molecule has 0 spiro atoms. The van der Waals surface area contributed by atoms with Gasteiger partial charge in [0.2, 0.25) is 5.91 Å². The van der Waals surface area contributed by atoms with Crippen LogP contribution in [0.3, 0.4) is 0 Å². The van der Waals surface area contributed by atoms with Crippen LogP contribution in [0.4, 0.5) is 0 Å². The molecule has 4 heteroatoms. The Morgan fingerprint density at radius 1 is 1.33 bits per heavy atom. The van der Waals surface area contributed by atoms with Crippen molar-refractivity contribution >= 4 is 5.91 Å². The van der Waals surface area contributed by atoms with E-state index in [0.717, 1.165) is 12.8 Å². The second-order valence-electron chi connectivity index (χ2n) is 6.07. The first kappa shape index (κ1) is 15.4. The largest absolute Gasteiger partial charge is 0.396 e. The van der Waals surface area contributed by atoms with E-state index in [1.807, 2.05) is 20.8 Å². The van der Waals surface area contributed by atoms with Gasteiger partial charge in [0.25, 0.3) is 0 Å². The van der Waals surface area contributed by atoms with Gasteiger partial charge in [-0.25, -0.2) is 0 Å². The van der Waals surface area contributed by atoms with E-state index in [9.17, 15) is 4.79 Å². The number of carbonyl (C=O) groups excluding carboxylic acids is 1. The minimum Gasteiger partial charge on any atom is -0.396 e. The zero-order valence-corrected chi connectivity index (χ0v) is 12.0. The number of rotatable bonds is 6. The molecule has 0 radical (unpaired) electrons. The van der Waals surface area contributed by atoms with Crippen LogP contribution in [0.2, 0.25) is 0 Å². The highest BCUT2D eigenvalue weighted by Gasteiger charge is 2.25. The van der Waals surface area contributed by atoms with E-state index in [0.29, 0.717) is 12.5 Å². The van der Waals surface area contributed by atoms with Crippen LogP contribution in [0.25, 0.3) is 0 Å². The van der Waals surface area contributed by atoms with Crippen LogP contribution in [-0.4, -0.2) is 35.2 Å². The lowest BCUT2D eigenvalue weighted by molar-refractivity contribution is -0.124. The standard InChI is InChI=1S/C14H28N2O2/c1-11(16-14(2,3)9-10-17)13(18)15-12-7-5-4-6-8-12/h11-12,16-17H,4-10H2,1-3H3,(H,15,18). The number of amides is 1. The van der Waals surface area contributed by atoms with Crippen LogP contribution in [0.5, 0.6) is 0 Å². The maximum absolute atomic E-state index is 12.1. The Hall–Kier alpha value is -0.610. The Bertz CT molecular complexity index is 261. The Balaban J connectivity index is 2.35. The molecular weight excluding hydrogens is 228 g/mol. The number of hydrogen-bond donors (Lipinski definition) is 3. The van der Waals surface area contributed by atoms with E-state index >= 15 is 0 Å². The summed E-state index contributed by atoms with van der Waals surface area (Å²) in [4.78, 5) is 12.1. The van der Waals surface area contributed by atoms with Gasteiger partial charge in [-0.05, 0) is 40.0 Å². The molecular formula is C14H28N2O2. The van der Waals surface area contributed by atoms with Gasteiger partial charge in [-0.1, -0.05) is 19.3 Å². The first-order valence-corrected chi connectivity index (χ1v) is 7.13. The molecule has 4 nitrogen and oxygen atoms in total. The van der Waals surface area contributed by atoms with Crippen molar-refractivity contribution in [3.63, 3.8) is 0 Å². The fraction of sp³-hybridized carbons (Fsp3) is 0.929. The molecule has 3 N–H and O–H groups in total. The number of aliphatic hydroxyl groups excluding tert-OH is 1. The van der Waals surface area contributed by atoms with Gasteiger partial charge in [-0.3, -0.25) is 4.79 Å². The Labute approximate surface area is 111 Å². The molecule has 1 aliphatic rings. The molecule has 0 heterocycles. The molecule has 0 aromatic carbocycles. The second-order valence-corrected chi connectivity index (χ2v) is 6.07. The van der Waals surface area contributed by atoms with Crippen molar-refractivity contribution in [3.8, 4) is 0 Å². The Morgan fingerprint density at radius 3 is 2.50 bits per heavy atom. The summed E-state index contributed by atoms with van der Waals surface area (Å²) in [6.45, 7) is 6.04. The van der Waals surface area contributed by atoms with Crippen molar-refractivity contribution in [2.24, 2.45) is 0 Å². The maximum atomic E-state index is 12.1. The lowest BCUT2D eigenvalue weighted by Gasteiger charge is -2.31. The molecule has 1 amide bonds. The summed E-state index contributed by atoms with van der Waals surface area (Å²) >= 11 is 0. The SMILES string of the molecule is CC(NC(C)(C)CCO)C(=O)NC1CCCCC1. The number of aliphatic hydroxyl groups is 1. The smallest absolute Gasteiger partial charge is 0.237 e. The van der Waals surface area contributed by atoms with Crippen molar-refractivity contribution in [1.82, 2.24) is 10.6 Å². The fourth-order valence-corrected chi connectivity index (χ4v) is 2.58. The van der Waals surface area contributed by atoms with Crippen LogP contribution in [0.1, 0.15) is 59.3 Å². The molecule has 0 aromatic heterocycles. The Kier molecular flexibility index (Phi) is 6.09. The third-order valence-corrected chi connectivity index (χ3v) is 3.69. The molecule has 1 rings (SSSR count). The van der Waals surface area contributed by atoms with E-state index in [2.05, 4.69) is 10.6 Å². The first-order chi connectivity index (χ1) is 8.44. The van der Waals surface area contributed by atoms with E-state index < -0.39 is 0 Å². The topological polar surface area (TPSA) is 61.4 Å². The predicted octanol–water partition coefficient (Wildman–Crippen LogP) is 1.57. The van der Waals surface area contributed by atoms with Crippen molar-refractivity contribution < 1.29 is 9.90 Å². The predicted molar refractivity (Wildman–Crippen MR) is 73.4 cm³/mol. The highest BCUT2D eigenvalue weighted by atomic mass is 16.3.